The van der Waals surface area contributed by atoms with E-state index in [-0.39, 0.29) is 12.3 Å². The lowest BCUT2D eigenvalue weighted by Gasteiger charge is -2.22. The van der Waals surface area contributed by atoms with Gasteiger partial charge in [0.25, 0.3) is 0 Å². The van der Waals surface area contributed by atoms with Crippen LogP contribution in [0.1, 0.15) is 11.1 Å². The summed E-state index contributed by atoms with van der Waals surface area (Å²) in [5, 5.41) is 9.37. The number of pyridine rings is 1. The second kappa shape index (κ2) is 5.36. The molecule has 1 amide bonds. The Balaban J connectivity index is 1.91. The molecule has 1 N–H and O–H groups in total. The number of amides is 1. The van der Waals surface area contributed by atoms with Gasteiger partial charge in [-0.3, -0.25) is 14.7 Å². The number of carbonyl (C=O) groups is 2. The maximum Gasteiger partial charge on any atom is 0.327 e. The van der Waals surface area contributed by atoms with Crippen LogP contribution in [0.5, 0.6) is 0 Å². The normalized spacial score (nSPS) is 16.6. The third-order valence-corrected chi connectivity index (χ3v) is 3.63. The third kappa shape index (κ3) is 2.50. The van der Waals surface area contributed by atoms with Crippen LogP contribution in [0.3, 0.4) is 0 Å². The molecule has 5 nitrogen and oxygen atoms in total. The van der Waals surface area contributed by atoms with E-state index in [1.54, 1.807) is 30.6 Å². The first kappa shape index (κ1) is 13.3. The minimum atomic E-state index is -0.978. The van der Waals surface area contributed by atoms with E-state index in [4.69, 9.17) is 0 Å². The number of hydrogen-bond acceptors (Lipinski definition) is 3. The van der Waals surface area contributed by atoms with Crippen LogP contribution < -0.4 is 4.90 Å². The summed E-state index contributed by atoms with van der Waals surface area (Å²) in [6, 6.07) is 10.0. The molecule has 0 spiro atoms. The topological polar surface area (TPSA) is 70.5 Å². The number of nitrogens with zero attached hydrogens (tertiary/aromatic N) is 2. The van der Waals surface area contributed by atoms with Crippen LogP contribution in [0.15, 0.2) is 48.8 Å². The Morgan fingerprint density at radius 3 is 2.62 bits per heavy atom. The minimum Gasteiger partial charge on any atom is -0.480 e. The van der Waals surface area contributed by atoms with Crippen molar-refractivity contribution in [1.29, 1.82) is 0 Å². The van der Waals surface area contributed by atoms with Gasteiger partial charge in [-0.2, -0.15) is 0 Å². The highest BCUT2D eigenvalue weighted by Crippen LogP contribution is 2.32. The number of hydrogen-bond donors (Lipinski definition) is 1. The van der Waals surface area contributed by atoms with E-state index in [0.29, 0.717) is 12.1 Å². The number of benzene rings is 1. The molecule has 0 fully saturated rings. The summed E-state index contributed by atoms with van der Waals surface area (Å²) >= 11 is 0. The molecule has 21 heavy (non-hydrogen) atoms. The van der Waals surface area contributed by atoms with Crippen molar-refractivity contribution in [1.82, 2.24) is 4.98 Å². The van der Waals surface area contributed by atoms with Gasteiger partial charge in [0.1, 0.15) is 6.04 Å². The average molecular weight is 282 g/mol. The molecule has 3 rings (SSSR count). The van der Waals surface area contributed by atoms with Gasteiger partial charge in [0.05, 0.1) is 6.42 Å². The van der Waals surface area contributed by atoms with Gasteiger partial charge in [-0.15, -0.1) is 0 Å². The van der Waals surface area contributed by atoms with Crippen molar-refractivity contribution < 1.29 is 14.7 Å². The van der Waals surface area contributed by atoms with Crippen molar-refractivity contribution >= 4 is 17.6 Å². The van der Waals surface area contributed by atoms with E-state index in [1.807, 2.05) is 18.2 Å². The van der Waals surface area contributed by atoms with Crippen molar-refractivity contribution in [3.63, 3.8) is 0 Å². The van der Waals surface area contributed by atoms with Gasteiger partial charge in [-0.05, 0) is 29.3 Å². The fourth-order valence-electron chi connectivity index (χ4n) is 2.65. The zero-order chi connectivity index (χ0) is 14.8. The first-order chi connectivity index (χ1) is 10.2. The molecule has 1 atom stereocenters. The average Bonchev–Trinajstić information content (AvgIpc) is 2.88. The van der Waals surface area contributed by atoms with Gasteiger partial charge in [0.2, 0.25) is 5.91 Å². The molecular weight excluding hydrogens is 268 g/mol. The SMILES string of the molecule is O=C(O)C1Cc2ccccc2N1C(=O)Cc1ccncc1. The molecule has 2 aromatic rings. The van der Waals surface area contributed by atoms with Crippen LogP contribution in [0.25, 0.3) is 0 Å². The molecule has 1 unspecified atom stereocenters. The van der Waals surface area contributed by atoms with Gasteiger partial charge in [0, 0.05) is 24.5 Å². The second-order valence-electron chi connectivity index (χ2n) is 4.98. The quantitative estimate of drug-likeness (QED) is 0.929. The summed E-state index contributed by atoms with van der Waals surface area (Å²) in [4.78, 5) is 29.3. The number of rotatable bonds is 3. The third-order valence-electron chi connectivity index (χ3n) is 3.63. The lowest BCUT2D eigenvalue weighted by Crippen LogP contribution is -2.43. The van der Waals surface area contributed by atoms with Crippen molar-refractivity contribution in [3.05, 3.63) is 59.9 Å². The predicted octanol–water partition coefficient (Wildman–Crippen LogP) is 1.67. The standard InChI is InChI=1S/C16H14N2O3/c19-15(9-11-5-7-17-8-6-11)18-13-4-2-1-3-12(13)10-14(18)16(20)21/h1-8,14H,9-10H2,(H,20,21). The predicted molar refractivity (Wildman–Crippen MR) is 77.0 cm³/mol. The Hall–Kier alpha value is -2.69. The number of aromatic nitrogens is 1. The van der Waals surface area contributed by atoms with Crippen LogP contribution in [0.4, 0.5) is 5.69 Å². The van der Waals surface area contributed by atoms with Crippen molar-refractivity contribution in [3.8, 4) is 0 Å². The van der Waals surface area contributed by atoms with Gasteiger partial charge in [-0.1, -0.05) is 18.2 Å². The smallest absolute Gasteiger partial charge is 0.327 e. The number of carbonyl (C=O) groups excluding carboxylic acids is 1. The van der Waals surface area contributed by atoms with E-state index >= 15 is 0 Å². The molecule has 2 heterocycles. The number of carboxylic acid groups (broad SMARTS) is 1. The van der Waals surface area contributed by atoms with Gasteiger partial charge in [-0.25, -0.2) is 4.79 Å². The maximum absolute atomic E-state index is 12.5. The molecule has 0 saturated carbocycles. The first-order valence-corrected chi connectivity index (χ1v) is 6.68. The summed E-state index contributed by atoms with van der Waals surface area (Å²) in [6.45, 7) is 0. The van der Waals surface area contributed by atoms with Gasteiger partial charge in [0.15, 0.2) is 0 Å². The second-order valence-corrected chi connectivity index (χ2v) is 4.98. The molecule has 0 bridgehead atoms. The number of aliphatic carboxylic acids is 1. The lowest BCUT2D eigenvalue weighted by molar-refractivity contribution is -0.139. The van der Waals surface area contributed by atoms with E-state index in [2.05, 4.69) is 4.98 Å². The zero-order valence-electron chi connectivity index (χ0n) is 11.3. The van der Waals surface area contributed by atoms with Crippen LogP contribution in [-0.4, -0.2) is 28.0 Å². The maximum atomic E-state index is 12.5. The minimum absolute atomic E-state index is 0.167. The number of anilines is 1. The largest absolute Gasteiger partial charge is 0.480 e. The summed E-state index contributed by atoms with van der Waals surface area (Å²) in [5.41, 5.74) is 2.42. The highest BCUT2D eigenvalue weighted by molar-refractivity contribution is 6.02. The van der Waals surface area contributed by atoms with Crippen LogP contribution in [0, 0.1) is 0 Å². The molecule has 1 aliphatic heterocycles. The Kier molecular flexibility index (Phi) is 3.39. The molecule has 1 aromatic carbocycles. The molecule has 1 aromatic heterocycles. The van der Waals surface area contributed by atoms with Crippen molar-refractivity contribution in [2.75, 3.05) is 4.90 Å². The Morgan fingerprint density at radius 2 is 1.90 bits per heavy atom. The lowest BCUT2D eigenvalue weighted by atomic mass is 10.1. The molecule has 0 radical (unpaired) electrons. The molecule has 5 heteroatoms. The van der Waals surface area contributed by atoms with Crippen LogP contribution in [0.2, 0.25) is 0 Å². The van der Waals surface area contributed by atoms with Gasteiger partial charge >= 0.3 is 5.97 Å². The van der Waals surface area contributed by atoms with Crippen LogP contribution in [-0.2, 0) is 22.4 Å². The van der Waals surface area contributed by atoms with Crippen LogP contribution >= 0.6 is 0 Å². The van der Waals surface area contributed by atoms with Crippen molar-refractivity contribution in [2.24, 2.45) is 0 Å². The summed E-state index contributed by atoms with van der Waals surface area (Å²) in [5.74, 6) is -1.19. The van der Waals surface area contributed by atoms with E-state index in [9.17, 15) is 14.7 Å². The number of carboxylic acids is 1. The van der Waals surface area contributed by atoms with E-state index < -0.39 is 12.0 Å². The number of para-hydroxylation sites is 1. The highest BCUT2D eigenvalue weighted by Gasteiger charge is 2.37. The monoisotopic (exact) mass is 282 g/mol. The summed E-state index contributed by atoms with van der Waals surface area (Å²) in [6.07, 6.45) is 3.76. The Labute approximate surface area is 121 Å². The summed E-state index contributed by atoms with van der Waals surface area (Å²) in [7, 11) is 0. The Morgan fingerprint density at radius 1 is 1.19 bits per heavy atom. The molecule has 0 aliphatic carbocycles. The fraction of sp³-hybridized carbons (Fsp3) is 0.188. The molecular formula is C16H14N2O3. The Bertz CT molecular complexity index is 685. The molecule has 106 valence electrons. The molecule has 0 saturated heterocycles. The molecule has 1 aliphatic rings. The fourth-order valence-corrected chi connectivity index (χ4v) is 2.65. The van der Waals surface area contributed by atoms with Gasteiger partial charge < -0.3 is 5.11 Å². The zero-order valence-corrected chi connectivity index (χ0v) is 11.3. The first-order valence-electron chi connectivity index (χ1n) is 6.68. The van der Waals surface area contributed by atoms with Crippen molar-refractivity contribution in [2.45, 2.75) is 18.9 Å². The summed E-state index contributed by atoms with van der Waals surface area (Å²) < 4.78 is 0. The van der Waals surface area contributed by atoms with E-state index in [0.717, 1.165) is 11.1 Å². The highest BCUT2D eigenvalue weighted by atomic mass is 16.4. The van der Waals surface area contributed by atoms with E-state index in [1.165, 1.54) is 4.90 Å². The number of fused-ring (bicyclic) bond motifs is 1.